The summed E-state index contributed by atoms with van der Waals surface area (Å²) in [4.78, 5) is 29.8. The maximum Gasteiger partial charge on any atom is 0.277 e. The van der Waals surface area contributed by atoms with E-state index in [1.165, 1.54) is 30.1 Å². The van der Waals surface area contributed by atoms with Gasteiger partial charge < -0.3 is 14.5 Å². The van der Waals surface area contributed by atoms with Gasteiger partial charge in [-0.15, -0.1) is 0 Å². The molecule has 0 fully saturated rings. The molecule has 9 heteroatoms. The number of carbonyl (C=O) groups is 1. The van der Waals surface area contributed by atoms with Crippen molar-refractivity contribution >= 4 is 22.6 Å². The molecule has 0 bridgehead atoms. The van der Waals surface area contributed by atoms with Gasteiger partial charge in [0, 0.05) is 30.8 Å². The molecule has 8 nitrogen and oxygen atoms in total. The Bertz CT molecular complexity index is 941. The maximum absolute atomic E-state index is 12.7. The first kappa shape index (κ1) is 16.3. The Kier molecular flexibility index (Phi) is 4.20. The molecule has 0 saturated heterocycles. The van der Waals surface area contributed by atoms with Crippen molar-refractivity contribution in [2.45, 2.75) is 18.2 Å². The van der Waals surface area contributed by atoms with Gasteiger partial charge in [0.25, 0.3) is 5.56 Å². The molecule has 1 aliphatic rings. The van der Waals surface area contributed by atoms with Crippen LogP contribution in [0, 0.1) is 6.92 Å². The molecule has 1 unspecified atom stereocenters. The monoisotopic (exact) mass is 349 g/mol. The van der Waals surface area contributed by atoms with Crippen molar-refractivity contribution in [3.63, 3.8) is 0 Å². The van der Waals surface area contributed by atoms with E-state index in [-0.39, 0.29) is 16.0 Å². The van der Waals surface area contributed by atoms with Crippen LogP contribution in [0.3, 0.4) is 0 Å². The highest BCUT2D eigenvalue weighted by atomic mass is 32.2. The van der Waals surface area contributed by atoms with Gasteiger partial charge in [0.1, 0.15) is 12.2 Å². The number of nitrogens with one attached hydrogen (secondary N) is 1. The van der Waals surface area contributed by atoms with E-state index in [1.54, 1.807) is 6.92 Å². The molecule has 0 amide bonds. The number of aromatic amines is 1. The van der Waals surface area contributed by atoms with E-state index in [1.807, 2.05) is 0 Å². The van der Waals surface area contributed by atoms with Crippen molar-refractivity contribution < 1.29 is 18.4 Å². The minimum absolute atomic E-state index is 0.00836. The second-order valence-electron chi connectivity index (χ2n) is 5.36. The molecule has 2 aromatic rings. The van der Waals surface area contributed by atoms with Crippen molar-refractivity contribution in [1.82, 2.24) is 9.78 Å². The second-order valence-corrected chi connectivity index (χ2v) is 6.30. The summed E-state index contributed by atoms with van der Waals surface area (Å²) in [6.07, 6.45) is 1.83. The molecule has 1 aromatic heterocycles. The van der Waals surface area contributed by atoms with Gasteiger partial charge in [-0.05, 0) is 24.6 Å². The lowest BCUT2D eigenvalue weighted by molar-refractivity contribution is 0.103. The molecule has 126 valence electrons. The Morgan fingerprint density at radius 2 is 2.17 bits per heavy atom. The first-order chi connectivity index (χ1) is 11.4. The van der Waals surface area contributed by atoms with Gasteiger partial charge in [0.15, 0.2) is 16.9 Å². The highest BCUT2D eigenvalue weighted by molar-refractivity contribution is 7.79. The van der Waals surface area contributed by atoms with Gasteiger partial charge in [-0.25, -0.2) is 4.21 Å². The summed E-state index contributed by atoms with van der Waals surface area (Å²) in [6.45, 7) is 2.04. The number of nitrogens with zero attached hydrogens (tertiary/aromatic N) is 2. The highest BCUT2D eigenvalue weighted by Crippen LogP contribution is 2.26. The van der Waals surface area contributed by atoms with Crippen LogP contribution in [0.15, 0.2) is 33.2 Å². The Labute approximate surface area is 139 Å². The summed E-state index contributed by atoms with van der Waals surface area (Å²) in [7, 11) is 1.51. The van der Waals surface area contributed by atoms with E-state index in [0.717, 1.165) is 0 Å². The van der Waals surface area contributed by atoms with Crippen molar-refractivity contribution in [2.24, 2.45) is 12.2 Å². The topological polar surface area (TPSA) is 114 Å². The van der Waals surface area contributed by atoms with Crippen LogP contribution in [-0.2, 0) is 23.0 Å². The lowest BCUT2D eigenvalue weighted by Crippen LogP contribution is -2.20. The maximum atomic E-state index is 12.7. The zero-order valence-corrected chi connectivity index (χ0v) is 13.8. The molecule has 0 aliphatic carbocycles. The molecule has 0 saturated carbocycles. The van der Waals surface area contributed by atoms with Crippen molar-refractivity contribution in [3.05, 3.63) is 50.9 Å². The number of hydrogen-bond acceptors (Lipinski definition) is 5. The molecule has 2 heterocycles. The summed E-state index contributed by atoms with van der Waals surface area (Å²) >= 11 is -2.23. The Morgan fingerprint density at radius 3 is 2.71 bits per heavy atom. The fraction of sp³-hybridized carbons (Fsp3) is 0.267. The lowest BCUT2D eigenvalue weighted by Gasteiger charge is -2.12. The largest absolute Gasteiger partial charge is 0.395 e. The number of hydrogen-bond donors (Lipinski definition) is 2. The van der Waals surface area contributed by atoms with Crippen LogP contribution in [0.1, 0.15) is 33.5 Å². The number of ketones is 1. The second kappa shape index (κ2) is 6.17. The van der Waals surface area contributed by atoms with Crippen molar-refractivity contribution in [2.75, 3.05) is 6.61 Å². The number of rotatable bonds is 4. The smallest absolute Gasteiger partial charge is 0.277 e. The van der Waals surface area contributed by atoms with Gasteiger partial charge in [0.2, 0.25) is 0 Å². The zero-order valence-electron chi connectivity index (χ0n) is 13.0. The molecule has 0 radical (unpaired) electrons. The molecule has 2 N–H and O–H groups in total. The van der Waals surface area contributed by atoms with E-state index in [9.17, 15) is 18.4 Å². The summed E-state index contributed by atoms with van der Waals surface area (Å²) in [6, 6.07) is 2.86. The van der Waals surface area contributed by atoms with Gasteiger partial charge in [-0.1, -0.05) is 5.16 Å². The third kappa shape index (κ3) is 2.61. The van der Waals surface area contributed by atoms with Crippen LogP contribution in [0.25, 0.3) is 0 Å². The molecule has 1 atom stereocenters. The fourth-order valence-corrected chi connectivity index (χ4v) is 3.32. The predicted octanol–water partition coefficient (Wildman–Crippen LogP) is 0.958. The standard InChI is InChI=1S/C15H15N3O5S/c1-8-9(14(19)10-7-16-18(2)15(10)20)3-4-12(24(21)22)13(8)11-5-6-23-17-11/h3-4,7,16H,5-6H2,1-2H3,(H,21,22). The normalized spacial score (nSPS) is 15.0. The number of H-pyrrole nitrogens is 1. The molecular weight excluding hydrogens is 334 g/mol. The lowest BCUT2D eigenvalue weighted by atomic mass is 9.93. The number of oxime groups is 1. The van der Waals surface area contributed by atoms with E-state index in [0.29, 0.717) is 29.9 Å². The molecule has 24 heavy (non-hydrogen) atoms. The van der Waals surface area contributed by atoms with Crippen LogP contribution >= 0.6 is 0 Å². The highest BCUT2D eigenvalue weighted by Gasteiger charge is 2.25. The Hall–Kier alpha value is -2.52. The van der Waals surface area contributed by atoms with Gasteiger partial charge in [-0.2, -0.15) is 0 Å². The van der Waals surface area contributed by atoms with E-state index in [2.05, 4.69) is 10.3 Å². The molecular formula is C15H15N3O5S. The van der Waals surface area contributed by atoms with Crippen molar-refractivity contribution in [3.8, 4) is 0 Å². The Balaban J connectivity index is 2.18. The zero-order chi connectivity index (χ0) is 17.4. The molecule has 1 aromatic carbocycles. The number of aromatic nitrogens is 2. The van der Waals surface area contributed by atoms with Crippen LogP contribution in [0.2, 0.25) is 0 Å². The van der Waals surface area contributed by atoms with E-state index in [4.69, 9.17) is 4.84 Å². The Morgan fingerprint density at radius 1 is 1.42 bits per heavy atom. The molecule has 3 rings (SSSR count). The van der Waals surface area contributed by atoms with Crippen LogP contribution in [0.5, 0.6) is 0 Å². The van der Waals surface area contributed by atoms with Crippen LogP contribution < -0.4 is 5.56 Å². The first-order valence-electron chi connectivity index (χ1n) is 7.14. The van der Waals surface area contributed by atoms with Crippen LogP contribution in [0.4, 0.5) is 0 Å². The average molecular weight is 349 g/mol. The summed E-state index contributed by atoms with van der Waals surface area (Å²) < 4.78 is 22.3. The first-order valence-corrected chi connectivity index (χ1v) is 8.25. The van der Waals surface area contributed by atoms with Crippen molar-refractivity contribution in [1.29, 1.82) is 0 Å². The summed E-state index contributed by atoms with van der Waals surface area (Å²) in [5.74, 6) is -0.453. The SMILES string of the molecule is Cc1c(C(=O)c2c[nH]n(C)c2=O)ccc(S(=O)O)c1C1=NOCC1. The van der Waals surface area contributed by atoms with Gasteiger partial charge in [-0.3, -0.25) is 14.3 Å². The number of benzene rings is 1. The quantitative estimate of drug-likeness (QED) is 0.630. The minimum Gasteiger partial charge on any atom is -0.395 e. The molecule has 1 aliphatic heterocycles. The summed E-state index contributed by atoms with van der Waals surface area (Å²) in [5, 5.41) is 6.55. The predicted molar refractivity (Wildman–Crippen MR) is 86.8 cm³/mol. The van der Waals surface area contributed by atoms with E-state index < -0.39 is 22.4 Å². The van der Waals surface area contributed by atoms with Gasteiger partial charge in [0.05, 0.1) is 10.6 Å². The number of carbonyl (C=O) groups excluding carboxylic acids is 1. The third-order valence-corrected chi connectivity index (χ3v) is 4.65. The third-order valence-electron chi connectivity index (χ3n) is 3.94. The fourth-order valence-electron chi connectivity index (χ4n) is 2.69. The average Bonchev–Trinajstić information content (AvgIpc) is 3.17. The molecule has 0 spiro atoms. The van der Waals surface area contributed by atoms with Crippen LogP contribution in [-0.4, -0.2) is 36.6 Å². The summed E-state index contributed by atoms with van der Waals surface area (Å²) in [5.41, 5.74) is 1.29. The van der Waals surface area contributed by atoms with Gasteiger partial charge >= 0.3 is 0 Å². The van der Waals surface area contributed by atoms with E-state index >= 15 is 0 Å². The minimum atomic E-state index is -2.23. The number of aryl methyl sites for hydroxylation is 1.